The molecule has 2 rings (SSSR count). The maximum Gasteiger partial charge on any atom is 0.224 e. The van der Waals surface area contributed by atoms with Crippen molar-refractivity contribution in [3.63, 3.8) is 0 Å². The van der Waals surface area contributed by atoms with Crippen molar-refractivity contribution >= 4 is 28.4 Å². The Bertz CT molecular complexity index is 624. The first kappa shape index (κ1) is 15.9. The van der Waals surface area contributed by atoms with Crippen molar-refractivity contribution in [2.45, 2.75) is 32.8 Å². The number of rotatable bonds is 6. The third-order valence-corrected chi connectivity index (χ3v) is 4.12. The van der Waals surface area contributed by atoms with E-state index in [0.29, 0.717) is 11.6 Å². The van der Waals surface area contributed by atoms with Crippen molar-refractivity contribution in [2.24, 2.45) is 5.92 Å². The fourth-order valence-corrected chi connectivity index (χ4v) is 2.40. The van der Waals surface area contributed by atoms with E-state index in [1.54, 1.807) is 0 Å². The van der Waals surface area contributed by atoms with Gasteiger partial charge in [-0.25, -0.2) is 0 Å². The summed E-state index contributed by atoms with van der Waals surface area (Å²) in [7, 11) is 0. The number of carbonyl (C=O) groups is 1. The molecule has 1 heterocycles. The van der Waals surface area contributed by atoms with E-state index in [9.17, 15) is 9.90 Å². The molecule has 0 saturated heterocycles. The minimum atomic E-state index is -0.499. The molecule has 0 spiro atoms. The highest BCUT2D eigenvalue weighted by Crippen LogP contribution is 2.22. The van der Waals surface area contributed by atoms with Gasteiger partial charge in [0.2, 0.25) is 5.91 Å². The van der Waals surface area contributed by atoms with Crippen LogP contribution in [0.5, 0.6) is 0 Å². The molecule has 1 amide bonds. The maximum atomic E-state index is 12.0. The molecule has 4 nitrogen and oxygen atoms in total. The van der Waals surface area contributed by atoms with Gasteiger partial charge < -0.3 is 15.4 Å². The molecule has 0 aliphatic carbocycles. The lowest BCUT2D eigenvalue weighted by molar-refractivity contribution is -0.121. The first-order valence-corrected chi connectivity index (χ1v) is 7.59. The molecule has 5 heteroatoms. The number of amides is 1. The zero-order chi connectivity index (χ0) is 15.4. The van der Waals surface area contributed by atoms with Gasteiger partial charge in [0.15, 0.2) is 0 Å². The number of benzene rings is 1. The molecule has 0 aliphatic heterocycles. The van der Waals surface area contributed by atoms with Crippen LogP contribution in [0.1, 0.15) is 25.8 Å². The van der Waals surface area contributed by atoms with Crippen LogP contribution in [-0.4, -0.2) is 28.6 Å². The monoisotopic (exact) mass is 308 g/mol. The lowest BCUT2D eigenvalue weighted by Gasteiger charge is -2.17. The Balaban J connectivity index is 1.95. The van der Waals surface area contributed by atoms with Gasteiger partial charge in [-0.3, -0.25) is 4.79 Å². The standard InChI is InChI=1S/C16H21ClN2O2/c1-3-10(2)15(20)9-19-16(21)6-11-8-18-14-7-12(17)4-5-13(11)14/h4-5,7-8,10,15,18,20H,3,6,9H2,1-2H3,(H,19,21). The van der Waals surface area contributed by atoms with E-state index >= 15 is 0 Å². The summed E-state index contributed by atoms with van der Waals surface area (Å²) in [4.78, 5) is 15.1. The fourth-order valence-electron chi connectivity index (χ4n) is 2.23. The average Bonchev–Trinajstić information content (AvgIpc) is 2.85. The predicted molar refractivity (Wildman–Crippen MR) is 85.5 cm³/mol. The third kappa shape index (κ3) is 3.99. The van der Waals surface area contributed by atoms with E-state index in [-0.39, 0.29) is 18.2 Å². The van der Waals surface area contributed by atoms with Crippen molar-refractivity contribution in [3.05, 3.63) is 35.0 Å². The van der Waals surface area contributed by atoms with Gasteiger partial charge in [-0.05, 0) is 23.6 Å². The Kier molecular flexibility index (Phi) is 5.26. The lowest BCUT2D eigenvalue weighted by Crippen LogP contribution is -2.36. The molecule has 2 aromatic rings. The molecule has 0 radical (unpaired) electrons. The van der Waals surface area contributed by atoms with Crippen LogP contribution in [0.2, 0.25) is 5.02 Å². The summed E-state index contributed by atoms with van der Waals surface area (Å²) < 4.78 is 0. The molecule has 1 aromatic heterocycles. The number of aromatic nitrogens is 1. The number of H-pyrrole nitrogens is 1. The lowest BCUT2D eigenvalue weighted by atomic mass is 10.0. The number of hydrogen-bond acceptors (Lipinski definition) is 2. The van der Waals surface area contributed by atoms with Crippen LogP contribution >= 0.6 is 11.6 Å². The summed E-state index contributed by atoms with van der Waals surface area (Å²) in [6.45, 7) is 4.29. The molecule has 114 valence electrons. The van der Waals surface area contributed by atoms with Crippen molar-refractivity contribution in [1.29, 1.82) is 0 Å². The molecule has 0 bridgehead atoms. The second-order valence-electron chi connectivity index (χ2n) is 5.44. The molecule has 0 fully saturated rings. The summed E-state index contributed by atoms with van der Waals surface area (Å²) >= 11 is 5.93. The van der Waals surface area contributed by atoms with E-state index in [1.165, 1.54) is 0 Å². The second kappa shape index (κ2) is 6.96. The quantitative estimate of drug-likeness (QED) is 0.768. The highest BCUT2D eigenvalue weighted by Gasteiger charge is 2.14. The van der Waals surface area contributed by atoms with E-state index < -0.39 is 6.10 Å². The Labute approximate surface area is 129 Å². The highest BCUT2D eigenvalue weighted by molar-refractivity contribution is 6.31. The topological polar surface area (TPSA) is 65.1 Å². The average molecular weight is 309 g/mol. The second-order valence-corrected chi connectivity index (χ2v) is 5.87. The highest BCUT2D eigenvalue weighted by atomic mass is 35.5. The van der Waals surface area contributed by atoms with Crippen molar-refractivity contribution in [2.75, 3.05) is 6.54 Å². The predicted octanol–water partition coefficient (Wildman–Crippen LogP) is 2.89. The Hall–Kier alpha value is -1.52. The first-order valence-electron chi connectivity index (χ1n) is 7.21. The fraction of sp³-hybridized carbons (Fsp3) is 0.438. The largest absolute Gasteiger partial charge is 0.391 e. The molecule has 2 unspecified atom stereocenters. The van der Waals surface area contributed by atoms with E-state index in [1.807, 2.05) is 38.2 Å². The number of aliphatic hydroxyl groups excluding tert-OH is 1. The van der Waals surface area contributed by atoms with Gasteiger partial charge in [0.25, 0.3) is 0 Å². The molecule has 0 saturated carbocycles. The summed E-state index contributed by atoms with van der Waals surface area (Å²) in [5.41, 5.74) is 1.85. The smallest absolute Gasteiger partial charge is 0.224 e. The van der Waals surface area contributed by atoms with Crippen LogP contribution in [0.15, 0.2) is 24.4 Å². The van der Waals surface area contributed by atoms with Gasteiger partial charge in [0.1, 0.15) is 0 Å². The number of hydrogen-bond donors (Lipinski definition) is 3. The summed E-state index contributed by atoms with van der Waals surface area (Å²) in [5.74, 6) is 0.0914. The number of carbonyl (C=O) groups excluding carboxylic acids is 1. The molecule has 0 aliphatic rings. The van der Waals surface area contributed by atoms with Crippen molar-refractivity contribution in [3.8, 4) is 0 Å². The van der Waals surface area contributed by atoms with Gasteiger partial charge in [0.05, 0.1) is 12.5 Å². The Morgan fingerprint density at radius 2 is 2.24 bits per heavy atom. The summed E-state index contributed by atoms with van der Waals surface area (Å²) in [6, 6.07) is 5.56. The summed E-state index contributed by atoms with van der Waals surface area (Å²) in [5, 5.41) is 14.3. The molecular weight excluding hydrogens is 288 g/mol. The normalized spacial score (nSPS) is 14.1. The molecule has 3 N–H and O–H groups in total. The van der Waals surface area contributed by atoms with Crippen molar-refractivity contribution < 1.29 is 9.90 Å². The number of fused-ring (bicyclic) bond motifs is 1. The van der Waals surface area contributed by atoms with Crippen molar-refractivity contribution in [1.82, 2.24) is 10.3 Å². The zero-order valence-electron chi connectivity index (χ0n) is 12.3. The zero-order valence-corrected chi connectivity index (χ0v) is 13.1. The van der Waals surface area contributed by atoms with E-state index in [0.717, 1.165) is 22.9 Å². The van der Waals surface area contributed by atoms with Crippen LogP contribution in [0.4, 0.5) is 0 Å². The molecule has 21 heavy (non-hydrogen) atoms. The number of nitrogens with one attached hydrogen (secondary N) is 2. The minimum absolute atomic E-state index is 0.0896. The van der Waals surface area contributed by atoms with Gasteiger partial charge in [-0.2, -0.15) is 0 Å². The van der Waals surface area contributed by atoms with Gasteiger partial charge >= 0.3 is 0 Å². The third-order valence-electron chi connectivity index (χ3n) is 3.89. The molecule has 2 atom stereocenters. The summed E-state index contributed by atoms with van der Waals surface area (Å²) in [6.07, 6.45) is 2.50. The van der Waals surface area contributed by atoms with Crippen LogP contribution in [-0.2, 0) is 11.2 Å². The number of halogens is 1. The van der Waals surface area contributed by atoms with E-state index in [2.05, 4.69) is 10.3 Å². The van der Waals surface area contributed by atoms with Crippen LogP contribution in [0.3, 0.4) is 0 Å². The minimum Gasteiger partial charge on any atom is -0.391 e. The first-order chi connectivity index (χ1) is 10.0. The van der Waals surface area contributed by atoms with Gasteiger partial charge in [-0.15, -0.1) is 0 Å². The number of aliphatic hydroxyl groups is 1. The molecular formula is C16H21ClN2O2. The van der Waals surface area contributed by atoms with Crippen LogP contribution in [0.25, 0.3) is 10.9 Å². The van der Waals surface area contributed by atoms with Crippen LogP contribution in [0, 0.1) is 5.92 Å². The number of aromatic amines is 1. The Morgan fingerprint density at radius 1 is 1.48 bits per heavy atom. The van der Waals surface area contributed by atoms with Gasteiger partial charge in [0, 0.05) is 28.7 Å². The van der Waals surface area contributed by atoms with E-state index in [4.69, 9.17) is 11.6 Å². The SMILES string of the molecule is CCC(C)C(O)CNC(=O)Cc1c[nH]c2cc(Cl)ccc12. The molecule has 1 aromatic carbocycles. The van der Waals surface area contributed by atoms with Gasteiger partial charge in [-0.1, -0.05) is 37.9 Å². The Morgan fingerprint density at radius 3 is 2.95 bits per heavy atom. The van der Waals surface area contributed by atoms with Crippen LogP contribution < -0.4 is 5.32 Å². The maximum absolute atomic E-state index is 12.0.